The molecule has 7 nitrogen and oxygen atoms in total. The molecule has 2 unspecified atom stereocenters. The lowest BCUT2D eigenvalue weighted by Gasteiger charge is -2.44. The summed E-state index contributed by atoms with van der Waals surface area (Å²) < 4.78 is 38.7. The highest BCUT2D eigenvalue weighted by atomic mass is 19.4. The van der Waals surface area contributed by atoms with Gasteiger partial charge in [0, 0.05) is 23.6 Å². The van der Waals surface area contributed by atoms with E-state index in [4.69, 9.17) is 0 Å². The van der Waals surface area contributed by atoms with Crippen molar-refractivity contribution in [3.63, 3.8) is 0 Å². The summed E-state index contributed by atoms with van der Waals surface area (Å²) in [6, 6.07) is 11.3. The van der Waals surface area contributed by atoms with Crippen LogP contribution in [0.15, 0.2) is 54.9 Å². The number of carboxylic acids is 1. The number of nitrogens with one attached hydrogen (secondary N) is 1. The van der Waals surface area contributed by atoms with Gasteiger partial charge in [-0.3, -0.25) is 9.78 Å². The summed E-state index contributed by atoms with van der Waals surface area (Å²) in [6.07, 6.45) is -0.978. The molecule has 3 N–H and O–H groups in total. The van der Waals surface area contributed by atoms with E-state index in [2.05, 4.69) is 20.3 Å². The minimum atomic E-state index is -4.57. The fourth-order valence-corrected chi connectivity index (χ4v) is 4.74. The molecule has 0 amide bonds. The monoisotopic (exact) mass is 486 g/mol. The summed E-state index contributed by atoms with van der Waals surface area (Å²) in [5.74, 6) is -1.56. The van der Waals surface area contributed by atoms with Crippen LogP contribution in [0.2, 0.25) is 0 Å². The van der Waals surface area contributed by atoms with E-state index in [1.807, 2.05) is 19.9 Å². The molecule has 2 heterocycles. The smallest absolute Gasteiger partial charge is 0.433 e. The van der Waals surface area contributed by atoms with Gasteiger partial charge in [-0.2, -0.15) is 13.2 Å². The van der Waals surface area contributed by atoms with Crippen LogP contribution in [0.1, 0.15) is 44.5 Å². The maximum absolute atomic E-state index is 12.9. The zero-order valence-electron chi connectivity index (χ0n) is 19.2. The molecular formula is C25H25F3N4O3. The lowest BCUT2D eigenvalue weighted by Crippen LogP contribution is -2.45. The minimum absolute atomic E-state index is 0.174. The molecule has 0 saturated heterocycles. The van der Waals surface area contributed by atoms with Crippen molar-refractivity contribution in [2.24, 2.45) is 11.3 Å². The van der Waals surface area contributed by atoms with Gasteiger partial charge in [-0.25, -0.2) is 9.97 Å². The molecule has 2 aromatic heterocycles. The Morgan fingerprint density at radius 1 is 1.11 bits per heavy atom. The molecule has 2 atom stereocenters. The van der Waals surface area contributed by atoms with E-state index in [1.165, 1.54) is 0 Å². The van der Waals surface area contributed by atoms with E-state index in [0.717, 1.165) is 23.4 Å². The van der Waals surface area contributed by atoms with Crippen LogP contribution in [0.3, 0.4) is 0 Å². The predicted molar refractivity (Wildman–Crippen MR) is 123 cm³/mol. The summed E-state index contributed by atoms with van der Waals surface area (Å²) in [6.45, 7) is 3.69. The molecule has 1 aliphatic carbocycles. The van der Waals surface area contributed by atoms with Gasteiger partial charge in [0.1, 0.15) is 11.3 Å². The van der Waals surface area contributed by atoms with Crippen LogP contribution in [0.25, 0.3) is 11.1 Å². The van der Waals surface area contributed by atoms with E-state index in [1.54, 1.807) is 36.5 Å². The highest BCUT2D eigenvalue weighted by Crippen LogP contribution is 2.49. The molecule has 1 aromatic carbocycles. The number of hydrogen-bond acceptors (Lipinski definition) is 6. The van der Waals surface area contributed by atoms with Crippen LogP contribution >= 0.6 is 0 Å². The Kier molecular flexibility index (Phi) is 6.27. The first-order valence-electron chi connectivity index (χ1n) is 11.1. The summed E-state index contributed by atoms with van der Waals surface area (Å²) in [7, 11) is 0. The fourth-order valence-electron chi connectivity index (χ4n) is 4.74. The van der Waals surface area contributed by atoms with Crippen molar-refractivity contribution in [1.82, 2.24) is 15.0 Å². The van der Waals surface area contributed by atoms with Gasteiger partial charge in [0.25, 0.3) is 0 Å². The first kappa shape index (κ1) is 24.6. The summed E-state index contributed by atoms with van der Waals surface area (Å²) in [4.78, 5) is 23.4. The number of rotatable bonds is 5. The first-order valence-corrected chi connectivity index (χ1v) is 11.1. The number of carbonyl (C=O) groups is 1. The van der Waals surface area contributed by atoms with Crippen LogP contribution < -0.4 is 5.32 Å². The predicted octanol–water partition coefficient (Wildman–Crippen LogP) is 5.40. The van der Waals surface area contributed by atoms with Crippen molar-refractivity contribution in [2.45, 2.75) is 44.9 Å². The van der Waals surface area contributed by atoms with Gasteiger partial charge in [0.15, 0.2) is 0 Å². The zero-order chi connectivity index (χ0) is 25.4. The molecule has 0 radical (unpaired) electrons. The highest BCUT2D eigenvalue weighted by molar-refractivity contribution is 5.71. The highest BCUT2D eigenvalue weighted by Gasteiger charge is 2.48. The number of aliphatic carboxylic acids is 1. The van der Waals surface area contributed by atoms with Crippen LogP contribution in [0, 0.1) is 11.3 Å². The molecule has 0 bridgehead atoms. The SMILES string of the molecule is CC1(C)CC(O)(c2ccc(-c3cccc(Nc4nccc(C(F)(F)F)n4)c3)cn2)CCC1C(=O)O. The van der Waals surface area contributed by atoms with Crippen molar-refractivity contribution < 1.29 is 28.2 Å². The second kappa shape index (κ2) is 8.92. The average molecular weight is 486 g/mol. The number of alkyl halides is 3. The van der Waals surface area contributed by atoms with Crippen molar-refractivity contribution in [2.75, 3.05) is 5.32 Å². The Labute approximate surface area is 200 Å². The number of nitrogens with zero attached hydrogens (tertiary/aromatic N) is 3. The normalized spacial score (nSPS) is 21.9. The third-order valence-corrected chi connectivity index (χ3v) is 6.47. The molecule has 0 aliphatic heterocycles. The fraction of sp³-hybridized carbons (Fsp3) is 0.360. The third-order valence-electron chi connectivity index (χ3n) is 6.47. The Hall–Kier alpha value is -3.53. The van der Waals surface area contributed by atoms with E-state index < -0.39 is 34.8 Å². The molecule has 184 valence electrons. The number of halogens is 3. The van der Waals surface area contributed by atoms with Gasteiger partial charge >= 0.3 is 12.1 Å². The second-order valence-corrected chi connectivity index (χ2v) is 9.53. The van der Waals surface area contributed by atoms with Gasteiger partial charge in [-0.1, -0.05) is 32.0 Å². The molecule has 4 rings (SSSR count). The molecule has 1 aliphatic rings. The largest absolute Gasteiger partial charge is 0.481 e. The van der Waals surface area contributed by atoms with Crippen LogP contribution in [0.4, 0.5) is 24.8 Å². The Balaban J connectivity index is 1.53. The summed E-state index contributed by atoms with van der Waals surface area (Å²) in [5.41, 5.74) is -0.386. The van der Waals surface area contributed by atoms with E-state index in [0.29, 0.717) is 24.2 Å². The van der Waals surface area contributed by atoms with Crippen LogP contribution in [-0.4, -0.2) is 31.1 Å². The lowest BCUT2D eigenvalue weighted by atomic mass is 9.62. The Bertz CT molecular complexity index is 1230. The number of pyridine rings is 1. The van der Waals surface area contributed by atoms with Gasteiger partial charge in [-0.15, -0.1) is 0 Å². The summed E-state index contributed by atoms with van der Waals surface area (Å²) >= 11 is 0. The van der Waals surface area contributed by atoms with Gasteiger partial charge < -0.3 is 15.5 Å². The van der Waals surface area contributed by atoms with Gasteiger partial charge in [-0.05, 0) is 54.5 Å². The Morgan fingerprint density at radius 3 is 2.51 bits per heavy atom. The second-order valence-electron chi connectivity index (χ2n) is 9.53. The first-order chi connectivity index (χ1) is 16.4. The summed E-state index contributed by atoms with van der Waals surface area (Å²) in [5, 5.41) is 23.5. The third kappa shape index (κ3) is 5.27. The maximum Gasteiger partial charge on any atom is 0.433 e. The topological polar surface area (TPSA) is 108 Å². The Morgan fingerprint density at radius 2 is 1.89 bits per heavy atom. The minimum Gasteiger partial charge on any atom is -0.481 e. The molecule has 3 aromatic rings. The molecule has 35 heavy (non-hydrogen) atoms. The molecular weight excluding hydrogens is 461 g/mol. The average Bonchev–Trinajstić information content (AvgIpc) is 2.78. The number of aliphatic hydroxyl groups is 1. The molecule has 0 spiro atoms. The van der Waals surface area contributed by atoms with E-state index in [9.17, 15) is 28.2 Å². The number of benzene rings is 1. The molecule has 1 fully saturated rings. The molecule has 1 saturated carbocycles. The molecule has 10 heteroatoms. The number of carboxylic acid groups (broad SMARTS) is 1. The van der Waals surface area contributed by atoms with Crippen molar-refractivity contribution >= 4 is 17.6 Å². The quantitative estimate of drug-likeness (QED) is 0.443. The van der Waals surface area contributed by atoms with Gasteiger partial charge in [0.2, 0.25) is 5.95 Å². The number of anilines is 2. The van der Waals surface area contributed by atoms with E-state index in [-0.39, 0.29) is 12.4 Å². The van der Waals surface area contributed by atoms with Crippen LogP contribution in [0.5, 0.6) is 0 Å². The van der Waals surface area contributed by atoms with Crippen molar-refractivity contribution in [3.8, 4) is 11.1 Å². The van der Waals surface area contributed by atoms with E-state index >= 15 is 0 Å². The van der Waals surface area contributed by atoms with Crippen molar-refractivity contribution in [3.05, 3.63) is 66.2 Å². The van der Waals surface area contributed by atoms with Crippen molar-refractivity contribution in [1.29, 1.82) is 0 Å². The standard InChI is InChI=1S/C25H25F3N4O3/c1-23(2)14-24(35,10-8-18(23)21(33)34)19-7-6-16(13-30-19)15-4-3-5-17(12-15)31-22-29-11-9-20(32-22)25(26,27)28/h3-7,9,11-13,18,35H,8,10,14H2,1-2H3,(H,33,34)(H,29,31,32). The lowest BCUT2D eigenvalue weighted by molar-refractivity contribution is -0.154. The zero-order valence-corrected chi connectivity index (χ0v) is 19.2. The number of hydrogen-bond donors (Lipinski definition) is 3. The van der Waals surface area contributed by atoms with Crippen LogP contribution in [-0.2, 0) is 16.6 Å². The number of aromatic nitrogens is 3. The maximum atomic E-state index is 12.9. The van der Waals surface area contributed by atoms with Gasteiger partial charge in [0.05, 0.1) is 11.6 Å².